The molecule has 0 radical (unpaired) electrons. The largest absolute Gasteiger partial charge is 0.469 e. The van der Waals surface area contributed by atoms with E-state index in [2.05, 4.69) is 40.7 Å². The summed E-state index contributed by atoms with van der Waals surface area (Å²) in [6.45, 7) is 12.7. The van der Waals surface area contributed by atoms with Crippen molar-refractivity contribution in [2.75, 3.05) is 13.7 Å². The van der Waals surface area contributed by atoms with Crippen LogP contribution in [0.4, 0.5) is 0 Å². The fourth-order valence-corrected chi connectivity index (χ4v) is 11.1. The highest BCUT2D eigenvalue weighted by Crippen LogP contribution is 2.74. The van der Waals surface area contributed by atoms with E-state index in [9.17, 15) is 24.4 Å². The van der Waals surface area contributed by atoms with Gasteiger partial charge in [-0.25, -0.2) is 4.79 Å². The zero-order chi connectivity index (χ0) is 33.5. The topological polar surface area (TPSA) is 111 Å². The van der Waals surface area contributed by atoms with Gasteiger partial charge in [-0.05, 0) is 98.2 Å². The summed E-state index contributed by atoms with van der Waals surface area (Å²) in [6.07, 6.45) is 8.84. The van der Waals surface area contributed by atoms with Crippen LogP contribution in [0.3, 0.4) is 0 Å². The van der Waals surface area contributed by atoms with Crippen LogP contribution in [0.2, 0.25) is 0 Å². The number of ketones is 2. The summed E-state index contributed by atoms with van der Waals surface area (Å²) in [5.41, 5.74) is -2.05. The number of Topliss-reactive ketones (excluding diaryl/α,β-unsaturated/α-hetero) is 1. The lowest BCUT2D eigenvalue weighted by molar-refractivity contribution is -0.191. The van der Waals surface area contributed by atoms with E-state index in [1.807, 2.05) is 19.1 Å². The summed E-state index contributed by atoms with van der Waals surface area (Å²) in [5.74, 6) is -1.74. The van der Waals surface area contributed by atoms with Gasteiger partial charge in [-0.1, -0.05) is 64.5 Å². The van der Waals surface area contributed by atoms with Crippen molar-refractivity contribution in [3.63, 3.8) is 0 Å². The van der Waals surface area contributed by atoms with Gasteiger partial charge in [-0.15, -0.1) is 0 Å². The van der Waals surface area contributed by atoms with Crippen molar-refractivity contribution in [1.29, 1.82) is 5.26 Å². The maximum atomic E-state index is 14.7. The molecule has 1 aromatic carbocycles. The maximum Gasteiger partial charge on any atom is 0.338 e. The highest BCUT2D eigenvalue weighted by Gasteiger charge is 2.71. The van der Waals surface area contributed by atoms with Crippen LogP contribution in [-0.2, 0) is 23.9 Å². The van der Waals surface area contributed by atoms with E-state index >= 15 is 0 Å². The summed E-state index contributed by atoms with van der Waals surface area (Å²) >= 11 is 0. The molecule has 8 atom stereocenters. The normalized spacial score (nSPS) is 40.9. The molecule has 0 heterocycles. The van der Waals surface area contributed by atoms with Gasteiger partial charge in [0.15, 0.2) is 11.6 Å². The van der Waals surface area contributed by atoms with Crippen molar-refractivity contribution in [1.82, 2.24) is 0 Å². The Kier molecular flexibility index (Phi) is 7.39. The van der Waals surface area contributed by atoms with Crippen LogP contribution in [0.25, 0.3) is 0 Å². The van der Waals surface area contributed by atoms with Gasteiger partial charge in [0.25, 0.3) is 0 Å². The van der Waals surface area contributed by atoms with Crippen LogP contribution >= 0.6 is 0 Å². The Labute approximate surface area is 272 Å². The van der Waals surface area contributed by atoms with Gasteiger partial charge in [-0.2, -0.15) is 5.26 Å². The molecule has 244 valence electrons. The second-order valence-corrected chi connectivity index (χ2v) is 16.5. The predicted octanol–water partition coefficient (Wildman–Crippen LogP) is 7.22. The minimum absolute atomic E-state index is 0.00240. The molecule has 0 amide bonds. The lowest BCUT2D eigenvalue weighted by atomic mass is 9.34. The summed E-state index contributed by atoms with van der Waals surface area (Å²) in [6, 6.07) is 10.8. The Morgan fingerprint density at radius 1 is 0.957 bits per heavy atom. The summed E-state index contributed by atoms with van der Waals surface area (Å²) in [5, 5.41) is 10.2. The minimum Gasteiger partial charge on any atom is -0.469 e. The summed E-state index contributed by atoms with van der Waals surface area (Å²) < 4.78 is 11.2. The number of carbonyl (C=O) groups excluding carboxylic acids is 4. The Hall–Kier alpha value is -3.53. The van der Waals surface area contributed by atoms with E-state index < -0.39 is 33.0 Å². The highest BCUT2D eigenvalue weighted by atomic mass is 16.5. The quantitative estimate of drug-likeness (QED) is 0.325. The molecule has 0 aliphatic heterocycles. The number of nitriles is 1. The second kappa shape index (κ2) is 10.5. The Morgan fingerprint density at radius 3 is 2.28 bits per heavy atom. The molecule has 0 bridgehead atoms. The smallest absolute Gasteiger partial charge is 0.338 e. The van der Waals surface area contributed by atoms with Crippen molar-refractivity contribution in [2.24, 2.45) is 50.2 Å². The summed E-state index contributed by atoms with van der Waals surface area (Å²) in [4.78, 5) is 55.2. The minimum atomic E-state index is -1.15. The number of benzene rings is 1. The first-order valence-electron chi connectivity index (χ1n) is 16.8. The molecular formula is C39H47NO6. The lowest BCUT2D eigenvalue weighted by Gasteiger charge is -2.68. The number of esters is 2. The van der Waals surface area contributed by atoms with Gasteiger partial charge >= 0.3 is 11.9 Å². The summed E-state index contributed by atoms with van der Waals surface area (Å²) in [7, 11) is 1.46. The molecule has 0 aromatic heterocycles. The number of rotatable bonds is 4. The Balaban J connectivity index is 1.44. The molecule has 3 unspecified atom stereocenters. The number of methoxy groups -OCH3 is 1. The van der Waals surface area contributed by atoms with Crippen molar-refractivity contribution < 1.29 is 28.7 Å². The number of hydrogen-bond donors (Lipinski definition) is 0. The monoisotopic (exact) mass is 625 g/mol. The van der Waals surface area contributed by atoms with Gasteiger partial charge in [-0.3, -0.25) is 14.4 Å². The lowest BCUT2D eigenvalue weighted by Crippen LogP contribution is -2.66. The molecule has 46 heavy (non-hydrogen) atoms. The van der Waals surface area contributed by atoms with E-state index in [1.165, 1.54) is 7.11 Å². The number of nitrogens with zero attached hydrogens (tertiary/aromatic N) is 1. The van der Waals surface area contributed by atoms with E-state index in [0.717, 1.165) is 31.3 Å². The first-order chi connectivity index (χ1) is 21.5. The maximum absolute atomic E-state index is 14.7. The van der Waals surface area contributed by atoms with Gasteiger partial charge in [0.1, 0.15) is 12.7 Å². The van der Waals surface area contributed by atoms with Gasteiger partial charge < -0.3 is 9.47 Å². The van der Waals surface area contributed by atoms with Crippen molar-refractivity contribution in [2.45, 2.75) is 86.5 Å². The molecule has 5 aliphatic rings. The molecular weight excluding hydrogens is 578 g/mol. The van der Waals surface area contributed by atoms with Crippen LogP contribution < -0.4 is 0 Å². The van der Waals surface area contributed by atoms with E-state index in [-0.39, 0.29) is 52.9 Å². The fourth-order valence-electron chi connectivity index (χ4n) is 11.1. The Morgan fingerprint density at radius 2 is 1.63 bits per heavy atom. The average molecular weight is 626 g/mol. The first-order valence-corrected chi connectivity index (χ1v) is 16.8. The van der Waals surface area contributed by atoms with Gasteiger partial charge in [0.2, 0.25) is 0 Å². The van der Waals surface area contributed by atoms with Crippen LogP contribution in [-0.4, -0.2) is 37.2 Å². The standard InChI is InChI=1S/C39H47NO6/c1-34(2)15-17-39(33(44)45-7)18-16-38(6)30(26(39)21-34)27(41)19-29-35(3)20-25(22-40)31(42)36(4,28(35)13-14-37(29,38)5)23-46-32(43)24-11-9-8-10-12-24/h8-12,19-20,26,28,30H,13-18,21,23H2,1-7H3/t26?,28?,30?,35-,36-,37+,38+,39-/m0/s1. The van der Waals surface area contributed by atoms with E-state index in [1.54, 1.807) is 30.3 Å². The molecule has 3 fully saturated rings. The first kappa shape index (κ1) is 32.4. The van der Waals surface area contributed by atoms with Crippen molar-refractivity contribution in [3.8, 4) is 6.07 Å². The zero-order valence-electron chi connectivity index (χ0n) is 28.3. The molecule has 1 aromatic rings. The second-order valence-electron chi connectivity index (χ2n) is 16.5. The number of carbonyl (C=O) groups is 4. The third kappa shape index (κ3) is 4.27. The number of allylic oxidation sites excluding steroid dienone is 4. The van der Waals surface area contributed by atoms with Crippen LogP contribution in [0.15, 0.2) is 53.6 Å². The predicted molar refractivity (Wildman–Crippen MR) is 172 cm³/mol. The third-order valence-corrected chi connectivity index (χ3v) is 13.8. The zero-order valence-corrected chi connectivity index (χ0v) is 28.3. The highest BCUT2D eigenvalue weighted by molar-refractivity contribution is 6.05. The molecule has 5 aliphatic carbocycles. The van der Waals surface area contributed by atoms with Crippen LogP contribution in [0.1, 0.15) is 96.8 Å². The average Bonchev–Trinajstić information content (AvgIpc) is 3.02. The SMILES string of the molecule is COC(=O)[C@]12CCC(C)(C)CC1C1C(=O)C=C3[C@@]4(C)C=C(C#N)C(=O)[C@@](C)(COC(=O)c5ccccc5)C4CC[C@@]3(C)[C@]1(C)CC2. The van der Waals surface area contributed by atoms with Gasteiger partial charge in [0.05, 0.1) is 29.1 Å². The Bertz CT molecular complexity index is 1620. The van der Waals surface area contributed by atoms with E-state index in [0.29, 0.717) is 24.8 Å². The third-order valence-electron chi connectivity index (χ3n) is 13.8. The van der Waals surface area contributed by atoms with Crippen molar-refractivity contribution >= 4 is 23.5 Å². The molecule has 0 N–H and O–H groups in total. The molecule has 3 saturated carbocycles. The van der Waals surface area contributed by atoms with Crippen LogP contribution in [0.5, 0.6) is 0 Å². The molecule has 7 nitrogen and oxygen atoms in total. The molecule has 6 rings (SSSR count). The number of ether oxygens (including phenoxy) is 2. The molecule has 0 saturated heterocycles. The van der Waals surface area contributed by atoms with E-state index in [4.69, 9.17) is 9.47 Å². The van der Waals surface area contributed by atoms with Crippen LogP contribution in [0, 0.1) is 61.6 Å². The molecule has 0 spiro atoms. The number of hydrogen-bond acceptors (Lipinski definition) is 7. The number of fused-ring (bicyclic) bond motifs is 7. The van der Waals surface area contributed by atoms with Gasteiger partial charge in [0, 0.05) is 11.3 Å². The van der Waals surface area contributed by atoms with Crippen molar-refractivity contribution in [3.05, 3.63) is 59.2 Å². The fraction of sp³-hybridized carbons (Fsp3) is 0.615. The molecule has 7 heteroatoms.